The van der Waals surface area contributed by atoms with E-state index in [1.54, 1.807) is 0 Å². The number of ether oxygens (including phenoxy) is 1. The summed E-state index contributed by atoms with van der Waals surface area (Å²) in [7, 11) is 0. The van der Waals surface area contributed by atoms with Crippen LogP contribution < -0.4 is 9.64 Å². The molecule has 0 saturated heterocycles. The van der Waals surface area contributed by atoms with E-state index in [1.807, 2.05) is 60.9 Å². The van der Waals surface area contributed by atoms with E-state index >= 15 is 0 Å². The van der Waals surface area contributed by atoms with Crippen LogP contribution in [0.15, 0.2) is 158 Å². The Morgan fingerprint density at radius 1 is 0.542 bits per heavy atom. The number of anilines is 3. The van der Waals surface area contributed by atoms with E-state index in [1.165, 1.54) is 32.9 Å². The Balaban J connectivity index is 1.24. The Kier molecular flexibility index (Phi) is 6.40. The van der Waals surface area contributed by atoms with E-state index in [4.69, 9.17) is 9.72 Å². The van der Waals surface area contributed by atoms with Crippen LogP contribution in [0.2, 0.25) is 0 Å². The van der Waals surface area contributed by atoms with Gasteiger partial charge in [-0.05, 0) is 83.9 Å². The first-order valence-corrected chi connectivity index (χ1v) is 16.2. The molecule has 48 heavy (non-hydrogen) atoms. The summed E-state index contributed by atoms with van der Waals surface area (Å²) < 4.78 is 8.94. The van der Waals surface area contributed by atoms with Gasteiger partial charge in [0.2, 0.25) is 0 Å². The standard InChI is InChI=1S/C43H32N4O/c1-43(2)35-22-21-32(48-31-16-12-13-29(25-31)37-18-8-10-23-44-37)26-40(35)47(42-20-9-11-24-45-42)41-27-34-33-17-6-7-19-38(33)46(39(34)28-36(41)43)30-14-4-3-5-15-30/h3-28H,1-2H3. The van der Waals surface area contributed by atoms with Crippen molar-refractivity contribution < 1.29 is 4.74 Å². The maximum Gasteiger partial charge on any atom is 0.137 e. The molecule has 0 unspecified atom stereocenters. The molecule has 5 aromatic carbocycles. The van der Waals surface area contributed by atoms with Crippen molar-refractivity contribution in [2.45, 2.75) is 19.3 Å². The summed E-state index contributed by atoms with van der Waals surface area (Å²) >= 11 is 0. The number of rotatable bonds is 5. The Morgan fingerprint density at radius 2 is 1.29 bits per heavy atom. The monoisotopic (exact) mass is 620 g/mol. The molecule has 0 amide bonds. The van der Waals surface area contributed by atoms with Crippen molar-refractivity contribution in [2.75, 3.05) is 4.90 Å². The first-order chi connectivity index (χ1) is 23.6. The van der Waals surface area contributed by atoms with E-state index < -0.39 is 0 Å². The van der Waals surface area contributed by atoms with Crippen LogP contribution in [0.3, 0.4) is 0 Å². The lowest BCUT2D eigenvalue weighted by molar-refractivity contribution is 0.482. The van der Waals surface area contributed by atoms with Gasteiger partial charge in [0.05, 0.1) is 28.1 Å². The number of pyridine rings is 2. The zero-order chi connectivity index (χ0) is 32.2. The highest BCUT2D eigenvalue weighted by atomic mass is 16.5. The van der Waals surface area contributed by atoms with E-state index in [-0.39, 0.29) is 5.41 Å². The molecule has 5 heteroatoms. The fourth-order valence-electron chi connectivity index (χ4n) is 7.23. The molecule has 5 nitrogen and oxygen atoms in total. The van der Waals surface area contributed by atoms with Gasteiger partial charge < -0.3 is 9.30 Å². The molecular formula is C43H32N4O. The normalized spacial score (nSPS) is 13.3. The first-order valence-electron chi connectivity index (χ1n) is 16.2. The lowest BCUT2D eigenvalue weighted by atomic mass is 9.73. The van der Waals surface area contributed by atoms with Gasteiger partial charge in [-0.2, -0.15) is 0 Å². The average molecular weight is 621 g/mol. The molecule has 0 bridgehead atoms. The van der Waals surface area contributed by atoms with Gasteiger partial charge in [0.1, 0.15) is 17.3 Å². The Morgan fingerprint density at radius 3 is 2.10 bits per heavy atom. The zero-order valence-corrected chi connectivity index (χ0v) is 26.7. The summed E-state index contributed by atoms with van der Waals surface area (Å²) in [4.78, 5) is 11.7. The third-order valence-corrected chi connectivity index (χ3v) is 9.51. The Hall–Kier alpha value is -6.20. The predicted molar refractivity (Wildman–Crippen MR) is 195 cm³/mol. The minimum Gasteiger partial charge on any atom is -0.457 e. The molecule has 230 valence electrons. The summed E-state index contributed by atoms with van der Waals surface area (Å²) in [6.07, 6.45) is 3.67. The Labute approximate surface area is 279 Å². The van der Waals surface area contributed by atoms with Crippen LogP contribution in [-0.4, -0.2) is 14.5 Å². The highest BCUT2D eigenvalue weighted by Crippen LogP contribution is 2.54. The van der Waals surface area contributed by atoms with Gasteiger partial charge in [-0.1, -0.05) is 80.6 Å². The number of hydrogen-bond donors (Lipinski definition) is 0. The Bertz CT molecular complexity index is 2450. The fourth-order valence-corrected chi connectivity index (χ4v) is 7.23. The molecule has 0 fully saturated rings. The van der Waals surface area contributed by atoms with E-state index in [9.17, 15) is 0 Å². The van der Waals surface area contributed by atoms with Crippen LogP contribution in [0.25, 0.3) is 38.8 Å². The van der Waals surface area contributed by atoms with E-state index in [2.05, 4.69) is 125 Å². The largest absolute Gasteiger partial charge is 0.457 e. The van der Waals surface area contributed by atoms with Gasteiger partial charge in [-0.25, -0.2) is 4.98 Å². The molecule has 0 radical (unpaired) electrons. The van der Waals surface area contributed by atoms with Gasteiger partial charge in [-0.15, -0.1) is 0 Å². The van der Waals surface area contributed by atoms with Crippen molar-refractivity contribution in [3.05, 3.63) is 169 Å². The fraction of sp³-hybridized carbons (Fsp3) is 0.0698. The quantitative estimate of drug-likeness (QED) is 0.192. The maximum atomic E-state index is 6.55. The molecule has 1 aliphatic heterocycles. The van der Waals surface area contributed by atoms with E-state index in [0.717, 1.165) is 45.6 Å². The van der Waals surface area contributed by atoms with Crippen LogP contribution in [0.5, 0.6) is 11.5 Å². The van der Waals surface area contributed by atoms with Crippen LogP contribution in [0, 0.1) is 0 Å². The van der Waals surface area contributed by atoms with Crippen molar-refractivity contribution in [3.8, 4) is 28.4 Å². The maximum absolute atomic E-state index is 6.55. The number of nitrogens with zero attached hydrogens (tertiary/aromatic N) is 4. The highest BCUT2D eigenvalue weighted by molar-refractivity contribution is 6.11. The molecule has 0 N–H and O–H groups in total. The van der Waals surface area contributed by atoms with Crippen LogP contribution in [0.4, 0.5) is 17.2 Å². The molecule has 8 aromatic rings. The second-order valence-electron chi connectivity index (χ2n) is 12.7. The number of aromatic nitrogens is 3. The minimum atomic E-state index is -0.306. The molecule has 0 aliphatic carbocycles. The molecule has 0 spiro atoms. The second kappa shape index (κ2) is 11.0. The van der Waals surface area contributed by atoms with Crippen LogP contribution >= 0.6 is 0 Å². The SMILES string of the molecule is CC1(C)c2ccc(Oc3cccc(-c4ccccn4)c3)cc2N(c2ccccn2)c2cc3c4ccccc4n(-c4ccccc4)c3cc21. The summed E-state index contributed by atoms with van der Waals surface area (Å²) in [6, 6.07) is 50.6. The van der Waals surface area contributed by atoms with Gasteiger partial charge in [0.15, 0.2) is 0 Å². The summed E-state index contributed by atoms with van der Waals surface area (Å²) in [5.41, 5.74) is 9.74. The molecule has 4 heterocycles. The smallest absolute Gasteiger partial charge is 0.137 e. The van der Waals surface area contributed by atoms with Crippen molar-refractivity contribution in [1.29, 1.82) is 0 Å². The minimum absolute atomic E-state index is 0.306. The zero-order valence-electron chi connectivity index (χ0n) is 26.7. The lowest BCUT2D eigenvalue weighted by Crippen LogP contribution is -2.31. The van der Waals surface area contributed by atoms with Gasteiger partial charge in [0, 0.05) is 45.9 Å². The third-order valence-electron chi connectivity index (χ3n) is 9.51. The average Bonchev–Trinajstić information content (AvgIpc) is 3.46. The summed E-state index contributed by atoms with van der Waals surface area (Å²) in [5, 5.41) is 2.42. The number of benzene rings is 5. The second-order valence-corrected chi connectivity index (χ2v) is 12.7. The van der Waals surface area contributed by atoms with E-state index in [0.29, 0.717) is 0 Å². The van der Waals surface area contributed by atoms with Crippen molar-refractivity contribution >= 4 is 39.0 Å². The number of para-hydroxylation sites is 2. The van der Waals surface area contributed by atoms with Gasteiger partial charge in [0.25, 0.3) is 0 Å². The molecule has 9 rings (SSSR count). The van der Waals surface area contributed by atoms with Gasteiger partial charge in [-0.3, -0.25) is 9.88 Å². The summed E-state index contributed by atoms with van der Waals surface area (Å²) in [6.45, 7) is 4.64. The lowest BCUT2D eigenvalue weighted by Gasteiger charge is -2.41. The topological polar surface area (TPSA) is 43.2 Å². The molecular weight excluding hydrogens is 589 g/mol. The summed E-state index contributed by atoms with van der Waals surface area (Å²) in [5.74, 6) is 2.37. The number of fused-ring (bicyclic) bond motifs is 5. The van der Waals surface area contributed by atoms with Crippen LogP contribution in [0.1, 0.15) is 25.0 Å². The van der Waals surface area contributed by atoms with Crippen molar-refractivity contribution in [1.82, 2.24) is 14.5 Å². The molecule has 0 atom stereocenters. The third kappa shape index (κ3) is 4.47. The predicted octanol–water partition coefficient (Wildman–Crippen LogP) is 11.1. The molecule has 1 aliphatic rings. The van der Waals surface area contributed by atoms with Crippen molar-refractivity contribution in [2.24, 2.45) is 0 Å². The van der Waals surface area contributed by atoms with Crippen molar-refractivity contribution in [3.63, 3.8) is 0 Å². The molecule has 0 saturated carbocycles. The number of hydrogen-bond acceptors (Lipinski definition) is 4. The highest BCUT2D eigenvalue weighted by Gasteiger charge is 2.38. The van der Waals surface area contributed by atoms with Gasteiger partial charge >= 0.3 is 0 Å². The molecule has 3 aromatic heterocycles. The first kappa shape index (κ1) is 28.1. The van der Waals surface area contributed by atoms with Crippen LogP contribution in [-0.2, 0) is 5.41 Å².